The van der Waals surface area contributed by atoms with Crippen LogP contribution in [0.3, 0.4) is 0 Å². The third kappa shape index (κ3) is 9.50. The highest BCUT2D eigenvalue weighted by molar-refractivity contribution is 4.78. The van der Waals surface area contributed by atoms with E-state index in [9.17, 15) is 5.11 Å². The van der Waals surface area contributed by atoms with Crippen molar-refractivity contribution in [3.8, 4) is 0 Å². The summed E-state index contributed by atoms with van der Waals surface area (Å²) >= 11 is 0. The second kappa shape index (κ2) is 8.83. The molecule has 0 radical (unpaired) electrons. The first-order valence-electron chi connectivity index (χ1n) is 6.22. The summed E-state index contributed by atoms with van der Waals surface area (Å²) in [6.45, 7) is 8.67. The van der Waals surface area contributed by atoms with E-state index in [1.54, 1.807) is 0 Å². The number of nitrogens with one attached hydrogen (secondary N) is 1. The number of nitrogens with zero attached hydrogens (tertiary/aromatic N) is 1. The van der Waals surface area contributed by atoms with Crippen molar-refractivity contribution in [1.29, 1.82) is 0 Å². The standard InChI is InChI=1S/C12H28N2O3/c1-6-16-11(17-7-2)8-13-9-12(3,15)10-14(4)5/h11,13,15H,6-10H2,1-5H3. The van der Waals surface area contributed by atoms with Crippen molar-refractivity contribution < 1.29 is 14.6 Å². The van der Waals surface area contributed by atoms with Crippen molar-refractivity contribution in [2.45, 2.75) is 32.7 Å². The maximum absolute atomic E-state index is 10.1. The lowest BCUT2D eigenvalue weighted by molar-refractivity contribution is -0.134. The molecule has 0 spiro atoms. The summed E-state index contributed by atoms with van der Waals surface area (Å²) in [6.07, 6.45) is -0.236. The lowest BCUT2D eigenvalue weighted by Crippen LogP contribution is -2.47. The van der Waals surface area contributed by atoms with Gasteiger partial charge in [0.15, 0.2) is 6.29 Å². The maximum Gasteiger partial charge on any atom is 0.169 e. The highest BCUT2D eigenvalue weighted by Crippen LogP contribution is 2.03. The summed E-state index contributed by atoms with van der Waals surface area (Å²) in [5, 5.41) is 13.2. The van der Waals surface area contributed by atoms with Crippen LogP contribution in [-0.2, 0) is 9.47 Å². The average molecular weight is 248 g/mol. The number of likely N-dealkylation sites (N-methyl/N-ethyl adjacent to an activating group) is 1. The zero-order valence-electron chi connectivity index (χ0n) is 11.8. The molecule has 1 atom stereocenters. The first kappa shape index (κ1) is 16.8. The van der Waals surface area contributed by atoms with Crippen LogP contribution < -0.4 is 5.32 Å². The Morgan fingerprint density at radius 1 is 1.24 bits per heavy atom. The number of hydrogen-bond donors (Lipinski definition) is 2. The topological polar surface area (TPSA) is 54.0 Å². The normalized spacial score (nSPS) is 15.5. The molecule has 0 aliphatic rings. The van der Waals surface area contributed by atoms with Gasteiger partial charge in [-0.25, -0.2) is 0 Å². The molecule has 0 saturated heterocycles. The van der Waals surface area contributed by atoms with Gasteiger partial charge < -0.3 is 24.8 Å². The molecule has 0 bridgehead atoms. The molecule has 0 aromatic carbocycles. The van der Waals surface area contributed by atoms with E-state index in [-0.39, 0.29) is 6.29 Å². The van der Waals surface area contributed by atoms with Crippen LogP contribution in [0.5, 0.6) is 0 Å². The summed E-state index contributed by atoms with van der Waals surface area (Å²) in [5.41, 5.74) is -0.744. The number of hydrogen-bond acceptors (Lipinski definition) is 5. The van der Waals surface area contributed by atoms with E-state index < -0.39 is 5.60 Å². The van der Waals surface area contributed by atoms with Gasteiger partial charge in [0.2, 0.25) is 0 Å². The van der Waals surface area contributed by atoms with Crippen molar-refractivity contribution in [3.63, 3.8) is 0 Å². The Morgan fingerprint density at radius 2 is 1.76 bits per heavy atom. The van der Waals surface area contributed by atoms with E-state index in [0.29, 0.717) is 32.8 Å². The highest BCUT2D eigenvalue weighted by Gasteiger charge is 2.21. The Kier molecular flexibility index (Phi) is 8.72. The van der Waals surface area contributed by atoms with Crippen LogP contribution >= 0.6 is 0 Å². The largest absolute Gasteiger partial charge is 0.388 e. The van der Waals surface area contributed by atoms with E-state index >= 15 is 0 Å². The minimum absolute atomic E-state index is 0.236. The van der Waals surface area contributed by atoms with Crippen LogP contribution in [0.1, 0.15) is 20.8 Å². The lowest BCUT2D eigenvalue weighted by Gasteiger charge is -2.28. The lowest BCUT2D eigenvalue weighted by atomic mass is 10.1. The first-order valence-corrected chi connectivity index (χ1v) is 6.22. The molecule has 0 aromatic rings. The summed E-state index contributed by atoms with van der Waals surface area (Å²) in [6, 6.07) is 0. The molecule has 0 saturated carbocycles. The molecule has 2 N–H and O–H groups in total. The molecule has 0 aromatic heterocycles. The van der Waals surface area contributed by atoms with Gasteiger partial charge in [-0.1, -0.05) is 0 Å². The quantitative estimate of drug-likeness (QED) is 0.544. The molecular formula is C12H28N2O3. The zero-order chi connectivity index (χ0) is 13.3. The Bertz CT molecular complexity index is 181. The number of ether oxygens (including phenoxy) is 2. The van der Waals surface area contributed by atoms with Crippen LogP contribution in [0, 0.1) is 0 Å². The SMILES string of the molecule is CCOC(CNCC(C)(O)CN(C)C)OCC. The predicted octanol–water partition coefficient (Wildman–Crippen LogP) is 0.288. The van der Waals surface area contributed by atoms with Crippen LogP contribution in [0.2, 0.25) is 0 Å². The molecule has 0 heterocycles. The van der Waals surface area contributed by atoms with E-state index in [0.717, 1.165) is 0 Å². The molecule has 0 aliphatic heterocycles. The molecule has 5 nitrogen and oxygen atoms in total. The van der Waals surface area contributed by atoms with Crippen molar-refractivity contribution >= 4 is 0 Å². The van der Waals surface area contributed by atoms with Crippen LogP contribution in [0.4, 0.5) is 0 Å². The van der Waals surface area contributed by atoms with Gasteiger partial charge in [-0.15, -0.1) is 0 Å². The summed E-state index contributed by atoms with van der Waals surface area (Å²) in [7, 11) is 3.88. The predicted molar refractivity (Wildman–Crippen MR) is 69.1 cm³/mol. The fraction of sp³-hybridized carbons (Fsp3) is 1.00. The molecule has 104 valence electrons. The third-order valence-corrected chi connectivity index (χ3v) is 2.18. The number of rotatable bonds is 10. The van der Waals surface area contributed by atoms with Crippen molar-refractivity contribution in [3.05, 3.63) is 0 Å². The molecule has 0 rings (SSSR count). The van der Waals surface area contributed by atoms with E-state index in [1.807, 2.05) is 39.8 Å². The molecular weight excluding hydrogens is 220 g/mol. The second-order valence-corrected chi connectivity index (χ2v) is 4.71. The Labute approximate surface area is 105 Å². The second-order valence-electron chi connectivity index (χ2n) is 4.71. The molecule has 17 heavy (non-hydrogen) atoms. The third-order valence-electron chi connectivity index (χ3n) is 2.18. The first-order chi connectivity index (χ1) is 7.91. The number of aliphatic hydroxyl groups is 1. The van der Waals surface area contributed by atoms with Gasteiger partial charge in [-0.2, -0.15) is 0 Å². The van der Waals surface area contributed by atoms with Crippen molar-refractivity contribution in [1.82, 2.24) is 10.2 Å². The van der Waals surface area contributed by atoms with Crippen LogP contribution in [0.25, 0.3) is 0 Å². The average Bonchev–Trinajstić information content (AvgIpc) is 2.15. The van der Waals surface area contributed by atoms with Gasteiger partial charge in [-0.3, -0.25) is 0 Å². The van der Waals surface area contributed by atoms with Crippen molar-refractivity contribution in [2.24, 2.45) is 0 Å². The molecule has 0 aliphatic carbocycles. The molecule has 5 heteroatoms. The minimum Gasteiger partial charge on any atom is -0.388 e. The Balaban J connectivity index is 3.85. The van der Waals surface area contributed by atoms with Gasteiger partial charge in [0.1, 0.15) is 0 Å². The van der Waals surface area contributed by atoms with Crippen LogP contribution in [-0.4, -0.2) is 68.8 Å². The van der Waals surface area contributed by atoms with Gasteiger partial charge >= 0.3 is 0 Å². The molecule has 1 unspecified atom stereocenters. The van der Waals surface area contributed by atoms with E-state index in [1.165, 1.54) is 0 Å². The fourth-order valence-electron chi connectivity index (χ4n) is 1.73. The molecule has 0 fully saturated rings. The minimum atomic E-state index is -0.744. The summed E-state index contributed by atoms with van der Waals surface area (Å²) < 4.78 is 10.8. The fourth-order valence-corrected chi connectivity index (χ4v) is 1.73. The Morgan fingerprint density at radius 3 is 2.18 bits per heavy atom. The van der Waals surface area contributed by atoms with Gasteiger partial charge in [0.05, 0.1) is 5.60 Å². The van der Waals surface area contributed by atoms with E-state index in [2.05, 4.69) is 5.32 Å². The monoisotopic (exact) mass is 248 g/mol. The van der Waals surface area contributed by atoms with E-state index in [4.69, 9.17) is 9.47 Å². The zero-order valence-corrected chi connectivity index (χ0v) is 11.8. The summed E-state index contributed by atoms with van der Waals surface area (Å²) in [5.74, 6) is 0. The van der Waals surface area contributed by atoms with Gasteiger partial charge in [-0.05, 0) is 34.9 Å². The smallest absolute Gasteiger partial charge is 0.169 e. The maximum atomic E-state index is 10.1. The highest BCUT2D eigenvalue weighted by atomic mass is 16.7. The van der Waals surface area contributed by atoms with Gasteiger partial charge in [0, 0.05) is 32.8 Å². The summed E-state index contributed by atoms with van der Waals surface area (Å²) in [4.78, 5) is 1.96. The van der Waals surface area contributed by atoms with Crippen molar-refractivity contribution in [2.75, 3.05) is 46.9 Å². The molecule has 0 amide bonds. The van der Waals surface area contributed by atoms with Gasteiger partial charge in [0.25, 0.3) is 0 Å². The van der Waals surface area contributed by atoms with Crippen LogP contribution in [0.15, 0.2) is 0 Å². The Hall–Kier alpha value is -0.200.